The summed E-state index contributed by atoms with van der Waals surface area (Å²) in [5, 5.41) is 10.6. The van der Waals surface area contributed by atoms with E-state index in [0.29, 0.717) is 30.6 Å². The Kier molecular flexibility index (Phi) is 9.80. The maximum Gasteiger partial charge on any atom is 0.348 e. The van der Waals surface area contributed by atoms with Crippen molar-refractivity contribution in [1.82, 2.24) is 4.90 Å². The Morgan fingerprint density at radius 1 is 1.17 bits per heavy atom. The van der Waals surface area contributed by atoms with E-state index >= 15 is 0 Å². The van der Waals surface area contributed by atoms with Gasteiger partial charge < -0.3 is 14.7 Å². The lowest BCUT2D eigenvalue weighted by molar-refractivity contribution is -0.148. The number of likely N-dealkylation sites (tertiary alicyclic amines) is 1. The summed E-state index contributed by atoms with van der Waals surface area (Å²) in [4.78, 5) is 26.7. The van der Waals surface area contributed by atoms with Crippen LogP contribution in [0.5, 0.6) is 0 Å². The van der Waals surface area contributed by atoms with Gasteiger partial charge in [0.05, 0.1) is 13.2 Å². The van der Waals surface area contributed by atoms with Crippen molar-refractivity contribution in [2.24, 2.45) is 5.92 Å². The van der Waals surface area contributed by atoms with Crippen molar-refractivity contribution in [3.63, 3.8) is 0 Å². The molecule has 2 aromatic rings. The highest BCUT2D eigenvalue weighted by atomic mass is 32.1. The van der Waals surface area contributed by atoms with Gasteiger partial charge in [0, 0.05) is 23.9 Å². The molecule has 0 aliphatic carbocycles. The number of aryl methyl sites for hydroxylation is 2. The number of carbonyl (C=O) groups is 2. The Balaban J connectivity index is 1.46. The van der Waals surface area contributed by atoms with Crippen molar-refractivity contribution < 1.29 is 28.2 Å². The lowest BCUT2D eigenvalue weighted by Gasteiger charge is -2.26. The summed E-state index contributed by atoms with van der Waals surface area (Å²) in [7, 11) is 1.32. The normalized spacial score (nSPS) is 19.1. The smallest absolute Gasteiger partial charge is 0.348 e. The molecule has 1 fully saturated rings. The van der Waals surface area contributed by atoms with Crippen LogP contribution in [0.2, 0.25) is 0 Å². The Morgan fingerprint density at radius 2 is 1.91 bits per heavy atom. The van der Waals surface area contributed by atoms with Crippen LogP contribution in [0.4, 0.5) is 8.78 Å². The standard InChI is InChI=1S/C27H35F2NO4S/c1-19(8-6-11-20-9-4-3-5-10-20)23(31)15-13-21-18-27(28,29)26(33)30(21)17-7-12-22-14-16-24(35-22)25(32)34-2/h3-5,9-10,14,16,19,21,23,31H,6-8,11-13,15,17-18H2,1-2H3/t19?,21-,23?/m0/s1. The second kappa shape index (κ2) is 12.6. The fraction of sp³-hybridized carbons (Fsp3) is 0.556. The molecular formula is C27H35F2NO4S. The molecule has 1 aliphatic rings. The number of ether oxygens (including phenoxy) is 1. The number of amides is 1. The van der Waals surface area contributed by atoms with E-state index in [2.05, 4.69) is 12.1 Å². The molecule has 3 atom stereocenters. The zero-order valence-electron chi connectivity index (χ0n) is 20.4. The number of benzene rings is 1. The van der Waals surface area contributed by atoms with Gasteiger partial charge in [0.2, 0.25) is 0 Å². The van der Waals surface area contributed by atoms with Crippen LogP contribution in [0.15, 0.2) is 42.5 Å². The molecule has 0 spiro atoms. The highest BCUT2D eigenvalue weighted by Gasteiger charge is 2.52. The summed E-state index contributed by atoms with van der Waals surface area (Å²) >= 11 is 1.31. The van der Waals surface area contributed by atoms with Crippen LogP contribution < -0.4 is 0 Å². The number of halogens is 2. The van der Waals surface area contributed by atoms with E-state index in [9.17, 15) is 23.5 Å². The van der Waals surface area contributed by atoms with E-state index in [1.165, 1.54) is 28.9 Å². The van der Waals surface area contributed by atoms with Crippen molar-refractivity contribution >= 4 is 23.2 Å². The lowest BCUT2D eigenvalue weighted by atomic mass is 9.92. The number of esters is 1. The number of thiophene rings is 1. The number of nitrogens with zero attached hydrogens (tertiary/aromatic N) is 1. The second-order valence-electron chi connectivity index (χ2n) is 9.42. The van der Waals surface area contributed by atoms with Crippen LogP contribution in [0, 0.1) is 5.92 Å². The molecule has 0 saturated carbocycles. The van der Waals surface area contributed by atoms with Gasteiger partial charge in [0.1, 0.15) is 4.88 Å². The molecule has 3 rings (SSSR count). The van der Waals surface area contributed by atoms with Crippen LogP contribution in [0.1, 0.15) is 65.6 Å². The molecule has 2 unspecified atom stereocenters. The highest BCUT2D eigenvalue weighted by molar-refractivity contribution is 7.13. The molecular weight excluding hydrogens is 472 g/mol. The van der Waals surface area contributed by atoms with E-state index in [-0.39, 0.29) is 12.5 Å². The van der Waals surface area contributed by atoms with Crippen LogP contribution in [-0.2, 0) is 22.4 Å². The lowest BCUT2D eigenvalue weighted by Crippen LogP contribution is -2.37. The molecule has 1 saturated heterocycles. The predicted molar refractivity (Wildman–Crippen MR) is 133 cm³/mol. The summed E-state index contributed by atoms with van der Waals surface area (Å²) in [6, 6.07) is 13.1. The van der Waals surface area contributed by atoms with Gasteiger partial charge in [-0.2, -0.15) is 8.78 Å². The second-order valence-corrected chi connectivity index (χ2v) is 10.6. The summed E-state index contributed by atoms with van der Waals surface area (Å²) in [5.74, 6) is -4.80. The zero-order chi connectivity index (χ0) is 25.4. The minimum absolute atomic E-state index is 0.0626. The Labute approximate surface area is 210 Å². The molecule has 1 aromatic carbocycles. The highest BCUT2D eigenvalue weighted by Crippen LogP contribution is 2.36. The van der Waals surface area contributed by atoms with E-state index in [1.54, 1.807) is 6.07 Å². The molecule has 1 amide bonds. The average Bonchev–Trinajstić information content (AvgIpc) is 3.40. The number of hydrogen-bond donors (Lipinski definition) is 1. The van der Waals surface area contributed by atoms with Gasteiger partial charge in [-0.05, 0) is 68.6 Å². The van der Waals surface area contributed by atoms with Crippen molar-refractivity contribution in [1.29, 1.82) is 0 Å². The number of aliphatic hydroxyl groups is 1. The molecule has 1 aliphatic heterocycles. The van der Waals surface area contributed by atoms with Crippen molar-refractivity contribution in [2.45, 2.75) is 76.4 Å². The molecule has 35 heavy (non-hydrogen) atoms. The number of aliphatic hydroxyl groups excluding tert-OH is 1. The molecule has 5 nitrogen and oxygen atoms in total. The Hall–Kier alpha value is -2.32. The first kappa shape index (κ1) is 27.3. The fourth-order valence-electron chi connectivity index (χ4n) is 4.67. The van der Waals surface area contributed by atoms with Crippen LogP contribution in [0.25, 0.3) is 0 Å². The summed E-state index contributed by atoms with van der Waals surface area (Å²) < 4.78 is 33.2. The minimum atomic E-state index is -3.35. The van der Waals surface area contributed by atoms with E-state index in [0.717, 1.165) is 24.1 Å². The fourth-order valence-corrected chi connectivity index (χ4v) is 5.64. The van der Waals surface area contributed by atoms with E-state index in [1.807, 2.05) is 31.2 Å². The van der Waals surface area contributed by atoms with Gasteiger partial charge >= 0.3 is 11.9 Å². The number of carbonyl (C=O) groups excluding carboxylic acids is 2. The number of methoxy groups -OCH3 is 1. The first-order valence-corrected chi connectivity index (χ1v) is 13.1. The third-order valence-corrected chi connectivity index (χ3v) is 7.92. The van der Waals surface area contributed by atoms with Crippen LogP contribution in [0.3, 0.4) is 0 Å². The van der Waals surface area contributed by atoms with E-state index < -0.39 is 36.4 Å². The maximum absolute atomic E-state index is 14.2. The average molecular weight is 508 g/mol. The molecule has 0 bridgehead atoms. The van der Waals surface area contributed by atoms with Gasteiger partial charge in [-0.15, -0.1) is 11.3 Å². The summed E-state index contributed by atoms with van der Waals surface area (Å²) in [5.41, 5.74) is 1.26. The van der Waals surface area contributed by atoms with Crippen molar-refractivity contribution in [3.8, 4) is 0 Å². The Bertz CT molecular complexity index is 965. The molecule has 1 aromatic heterocycles. The van der Waals surface area contributed by atoms with Crippen LogP contribution >= 0.6 is 11.3 Å². The third-order valence-electron chi connectivity index (χ3n) is 6.80. The first-order chi connectivity index (χ1) is 16.7. The summed E-state index contributed by atoms with van der Waals surface area (Å²) in [6.45, 7) is 2.22. The molecule has 2 heterocycles. The maximum atomic E-state index is 14.2. The van der Waals surface area contributed by atoms with Gasteiger partial charge in [-0.1, -0.05) is 37.3 Å². The van der Waals surface area contributed by atoms with Gasteiger partial charge in [-0.3, -0.25) is 4.79 Å². The summed E-state index contributed by atoms with van der Waals surface area (Å²) in [6.07, 6.45) is 3.54. The quantitative estimate of drug-likeness (QED) is 0.364. The van der Waals surface area contributed by atoms with Crippen LogP contribution in [-0.4, -0.2) is 53.6 Å². The molecule has 8 heteroatoms. The zero-order valence-corrected chi connectivity index (χ0v) is 21.2. The van der Waals surface area contributed by atoms with Gasteiger partial charge in [0.25, 0.3) is 5.91 Å². The molecule has 0 radical (unpaired) electrons. The molecule has 1 N–H and O–H groups in total. The topological polar surface area (TPSA) is 66.8 Å². The van der Waals surface area contributed by atoms with Gasteiger partial charge in [-0.25, -0.2) is 4.79 Å². The SMILES string of the molecule is COC(=O)c1ccc(CCCN2C(=O)C(F)(F)C[C@@H]2CCC(O)C(C)CCCc2ccccc2)s1. The Morgan fingerprint density at radius 3 is 2.63 bits per heavy atom. The van der Waals surface area contributed by atoms with Crippen molar-refractivity contribution in [3.05, 3.63) is 57.8 Å². The largest absolute Gasteiger partial charge is 0.465 e. The first-order valence-electron chi connectivity index (χ1n) is 12.3. The predicted octanol–water partition coefficient (Wildman–Crippen LogP) is 5.50. The van der Waals surface area contributed by atoms with Crippen molar-refractivity contribution in [2.75, 3.05) is 13.7 Å². The third kappa shape index (κ3) is 7.58. The van der Waals surface area contributed by atoms with E-state index in [4.69, 9.17) is 4.74 Å². The van der Waals surface area contributed by atoms with Gasteiger partial charge in [0.15, 0.2) is 0 Å². The monoisotopic (exact) mass is 507 g/mol. The molecule has 192 valence electrons. The minimum Gasteiger partial charge on any atom is -0.465 e. The number of rotatable bonds is 13. The number of hydrogen-bond acceptors (Lipinski definition) is 5. The number of alkyl halides is 2.